The molecule has 1 saturated carbocycles. The van der Waals surface area contributed by atoms with Gasteiger partial charge in [0.1, 0.15) is 11.4 Å². The lowest BCUT2D eigenvalue weighted by atomic mass is 9.93. The third kappa shape index (κ3) is 4.17. The molecule has 1 N–H and O–H groups in total. The first-order valence-corrected chi connectivity index (χ1v) is 12.0. The fourth-order valence-electron chi connectivity index (χ4n) is 5.12. The third-order valence-corrected chi connectivity index (χ3v) is 6.91. The number of nitrogens with one attached hydrogen (secondary N) is 1. The molecular formula is C25H27N9O. The molecule has 2 atom stereocenters. The number of aromatic amines is 1. The van der Waals surface area contributed by atoms with Crippen LogP contribution in [0, 0.1) is 0 Å². The zero-order valence-electron chi connectivity index (χ0n) is 19.6. The van der Waals surface area contributed by atoms with Gasteiger partial charge in [-0.2, -0.15) is 5.21 Å². The molecule has 2 aliphatic rings. The van der Waals surface area contributed by atoms with Gasteiger partial charge in [0.25, 0.3) is 5.91 Å². The van der Waals surface area contributed by atoms with Crippen molar-refractivity contribution in [3.05, 3.63) is 64.5 Å². The third-order valence-electron chi connectivity index (χ3n) is 6.91. The lowest BCUT2D eigenvalue weighted by Crippen LogP contribution is -2.46. The zero-order chi connectivity index (χ0) is 24.3. The van der Waals surface area contributed by atoms with Crippen LogP contribution in [0.15, 0.2) is 58.6 Å². The van der Waals surface area contributed by atoms with Gasteiger partial charge in [0.2, 0.25) is 5.82 Å². The Balaban J connectivity index is 1.41. The molecule has 2 unspecified atom stereocenters. The van der Waals surface area contributed by atoms with Crippen LogP contribution in [0.1, 0.15) is 51.0 Å². The first-order valence-electron chi connectivity index (χ1n) is 12.0. The number of carbonyl (C=O) groups is 1. The predicted octanol–water partition coefficient (Wildman–Crippen LogP) is 5.07. The number of rotatable bonds is 8. The van der Waals surface area contributed by atoms with Crippen LogP contribution in [0.4, 0.5) is 0 Å². The number of hydrogen-bond acceptors (Lipinski definition) is 6. The first kappa shape index (κ1) is 22.7. The van der Waals surface area contributed by atoms with Crippen molar-refractivity contribution in [2.24, 2.45) is 10.1 Å². The molecule has 10 nitrogen and oxygen atoms in total. The molecule has 1 amide bonds. The highest BCUT2D eigenvalue weighted by molar-refractivity contribution is 6.08. The van der Waals surface area contributed by atoms with E-state index in [4.69, 9.17) is 10.5 Å². The average molecular weight is 470 g/mol. The van der Waals surface area contributed by atoms with Crippen molar-refractivity contribution < 1.29 is 4.79 Å². The van der Waals surface area contributed by atoms with Gasteiger partial charge in [-0.15, -0.1) is 10.2 Å². The Morgan fingerprint density at radius 2 is 2.00 bits per heavy atom. The van der Waals surface area contributed by atoms with Gasteiger partial charge in [0.05, 0.1) is 12.6 Å². The highest BCUT2D eigenvalue weighted by atomic mass is 16.2. The number of azide groups is 1. The molecule has 1 fully saturated rings. The Morgan fingerprint density at radius 3 is 2.71 bits per heavy atom. The van der Waals surface area contributed by atoms with Crippen molar-refractivity contribution in [3.8, 4) is 22.5 Å². The fraction of sp³-hybridized carbons (Fsp3) is 0.400. The quantitative estimate of drug-likeness (QED) is 0.280. The highest BCUT2D eigenvalue weighted by Gasteiger charge is 2.55. The van der Waals surface area contributed by atoms with E-state index in [2.05, 4.69) is 37.6 Å². The van der Waals surface area contributed by atoms with Crippen molar-refractivity contribution in [1.29, 1.82) is 0 Å². The van der Waals surface area contributed by atoms with Crippen LogP contribution in [0.5, 0.6) is 0 Å². The molecule has 5 rings (SSSR count). The van der Waals surface area contributed by atoms with Crippen molar-refractivity contribution >= 4 is 11.7 Å². The van der Waals surface area contributed by atoms with Gasteiger partial charge in [-0.3, -0.25) is 14.7 Å². The van der Waals surface area contributed by atoms with Crippen molar-refractivity contribution in [3.63, 3.8) is 0 Å². The summed E-state index contributed by atoms with van der Waals surface area (Å²) in [4.78, 5) is 23.4. The van der Waals surface area contributed by atoms with E-state index in [1.807, 2.05) is 53.4 Å². The molecule has 0 radical (unpaired) electrons. The van der Waals surface area contributed by atoms with Crippen LogP contribution in [0.25, 0.3) is 33.0 Å². The lowest BCUT2D eigenvalue weighted by molar-refractivity contribution is -0.131. The lowest BCUT2D eigenvalue weighted by Gasteiger charge is -2.25. The Hall–Kier alpha value is -4.04. The van der Waals surface area contributed by atoms with E-state index in [1.165, 1.54) is 0 Å². The number of aromatic nitrogens is 4. The molecule has 1 aliphatic carbocycles. The van der Waals surface area contributed by atoms with Gasteiger partial charge < -0.3 is 0 Å². The molecule has 0 bridgehead atoms. The number of amidine groups is 1. The Kier molecular flexibility index (Phi) is 6.29. The summed E-state index contributed by atoms with van der Waals surface area (Å²) in [6, 6.07) is 15.7. The molecule has 35 heavy (non-hydrogen) atoms. The number of amides is 1. The van der Waals surface area contributed by atoms with Crippen LogP contribution in [0.3, 0.4) is 0 Å². The van der Waals surface area contributed by atoms with Crippen LogP contribution in [-0.2, 0) is 11.3 Å². The smallest absolute Gasteiger partial charge is 0.256 e. The summed E-state index contributed by atoms with van der Waals surface area (Å²) in [7, 11) is 0. The second kappa shape index (κ2) is 9.68. The average Bonchev–Trinajstić information content (AvgIpc) is 3.62. The summed E-state index contributed by atoms with van der Waals surface area (Å²) in [6.07, 6.45) is 4.88. The minimum absolute atomic E-state index is 0.0370. The van der Waals surface area contributed by atoms with E-state index in [0.717, 1.165) is 53.8 Å². The van der Waals surface area contributed by atoms with Gasteiger partial charge >= 0.3 is 0 Å². The summed E-state index contributed by atoms with van der Waals surface area (Å²) >= 11 is 0. The summed E-state index contributed by atoms with van der Waals surface area (Å²) in [5.41, 5.74) is 12.0. The van der Waals surface area contributed by atoms with E-state index in [9.17, 15) is 4.79 Å². The molecule has 1 aliphatic heterocycles. The van der Waals surface area contributed by atoms with Crippen LogP contribution >= 0.6 is 0 Å². The molecule has 2 aromatic carbocycles. The van der Waals surface area contributed by atoms with E-state index in [1.54, 1.807) is 0 Å². The van der Waals surface area contributed by atoms with E-state index in [-0.39, 0.29) is 5.91 Å². The topological polar surface area (TPSA) is 136 Å². The molecular weight excluding hydrogens is 442 g/mol. The molecule has 0 saturated heterocycles. The Labute approximate surface area is 203 Å². The Morgan fingerprint density at radius 1 is 1.20 bits per heavy atom. The minimum Gasteiger partial charge on any atom is -0.294 e. The number of nitrogens with zero attached hydrogens (tertiary/aromatic N) is 8. The maximum atomic E-state index is 13.7. The predicted molar refractivity (Wildman–Crippen MR) is 132 cm³/mol. The monoisotopic (exact) mass is 469 g/mol. The Bertz CT molecular complexity index is 1280. The number of unbranched alkanes of at least 4 members (excludes halogenated alkanes) is 1. The summed E-state index contributed by atoms with van der Waals surface area (Å²) in [6.45, 7) is 2.57. The van der Waals surface area contributed by atoms with Crippen molar-refractivity contribution in [2.45, 2.75) is 63.6 Å². The molecule has 1 spiro atoms. The van der Waals surface area contributed by atoms with Gasteiger partial charge in [0, 0.05) is 16.9 Å². The van der Waals surface area contributed by atoms with E-state index >= 15 is 0 Å². The SMILES string of the molecule is CCCCC1=NC2(CCCC2N=[N+]=[N-])C(=O)N1Cc1ccc(-c2ccccc2-c2nn[nH]n2)cc1. The van der Waals surface area contributed by atoms with E-state index < -0.39 is 11.6 Å². The summed E-state index contributed by atoms with van der Waals surface area (Å²) < 4.78 is 0. The van der Waals surface area contributed by atoms with E-state index in [0.29, 0.717) is 25.2 Å². The van der Waals surface area contributed by atoms with Gasteiger partial charge in [-0.25, -0.2) is 0 Å². The molecule has 10 heteroatoms. The maximum Gasteiger partial charge on any atom is 0.256 e. The largest absolute Gasteiger partial charge is 0.294 e. The first-order chi connectivity index (χ1) is 17.2. The summed E-state index contributed by atoms with van der Waals surface area (Å²) in [5, 5.41) is 18.4. The zero-order valence-corrected chi connectivity index (χ0v) is 19.6. The van der Waals surface area contributed by atoms with Crippen LogP contribution in [0.2, 0.25) is 0 Å². The molecule has 3 aromatic rings. The second-order valence-corrected chi connectivity index (χ2v) is 9.04. The number of aliphatic imine (C=N–C) groups is 1. The minimum atomic E-state index is -0.932. The normalized spacial score (nSPS) is 21.4. The highest BCUT2D eigenvalue weighted by Crippen LogP contribution is 2.42. The standard InChI is InChI=1S/C25H27N9O/c1-2-3-10-22-27-25(15-6-9-21(25)28-31-26)24(35)34(22)16-17-11-13-18(14-12-17)19-7-4-5-8-20(19)23-29-32-33-30-23/h4-5,7-8,11-14,21H,2-3,6,9-10,15-16H2,1H3,(H,29,30,32,33). The van der Waals surface area contributed by atoms with Gasteiger partial charge in [0.15, 0.2) is 0 Å². The number of tetrazole rings is 1. The number of H-pyrrole nitrogens is 1. The van der Waals surface area contributed by atoms with Gasteiger partial charge in [-0.05, 0) is 53.1 Å². The number of carbonyl (C=O) groups excluding carboxylic acids is 1. The summed E-state index contributed by atoms with van der Waals surface area (Å²) in [5.74, 6) is 1.31. The van der Waals surface area contributed by atoms with Gasteiger partial charge in [-0.1, -0.05) is 67.0 Å². The van der Waals surface area contributed by atoms with Crippen molar-refractivity contribution in [1.82, 2.24) is 25.5 Å². The van der Waals surface area contributed by atoms with Crippen molar-refractivity contribution in [2.75, 3.05) is 0 Å². The molecule has 1 aromatic heterocycles. The molecule has 2 heterocycles. The molecule has 178 valence electrons. The van der Waals surface area contributed by atoms with Crippen LogP contribution in [-0.4, -0.2) is 48.8 Å². The fourth-order valence-corrected chi connectivity index (χ4v) is 5.12. The maximum absolute atomic E-state index is 13.7. The second-order valence-electron chi connectivity index (χ2n) is 9.04. The number of hydrogen-bond donors (Lipinski definition) is 1. The number of benzene rings is 2. The van der Waals surface area contributed by atoms with Crippen LogP contribution < -0.4 is 0 Å².